The highest BCUT2D eigenvalue weighted by atomic mass is 16.7. The third-order valence-electron chi connectivity index (χ3n) is 2.76. The quantitative estimate of drug-likeness (QED) is 0.753. The Kier molecular flexibility index (Phi) is 3.98. The van der Waals surface area contributed by atoms with E-state index in [9.17, 15) is 4.79 Å². The van der Waals surface area contributed by atoms with Crippen molar-refractivity contribution in [2.24, 2.45) is 0 Å². The molecule has 0 aliphatic carbocycles. The van der Waals surface area contributed by atoms with E-state index in [1.54, 1.807) is 18.2 Å². The van der Waals surface area contributed by atoms with E-state index in [-0.39, 0.29) is 6.29 Å². The van der Waals surface area contributed by atoms with Crippen LogP contribution in [0.15, 0.2) is 18.2 Å². The minimum Gasteiger partial charge on any atom is -0.496 e. The Morgan fingerprint density at radius 2 is 2.18 bits per heavy atom. The van der Waals surface area contributed by atoms with Gasteiger partial charge in [0.15, 0.2) is 12.6 Å². The molecule has 0 saturated carbocycles. The molecule has 2 rings (SSSR count). The first-order valence-electron chi connectivity index (χ1n) is 5.75. The molecule has 0 radical (unpaired) electrons. The molecule has 1 atom stereocenters. The molecule has 0 N–H and O–H groups in total. The van der Waals surface area contributed by atoms with Gasteiger partial charge < -0.3 is 14.2 Å². The van der Waals surface area contributed by atoms with Crippen LogP contribution in [-0.4, -0.2) is 26.3 Å². The summed E-state index contributed by atoms with van der Waals surface area (Å²) in [6, 6.07) is 5.28. The lowest BCUT2D eigenvalue weighted by atomic mass is 10.2. The second-order valence-electron chi connectivity index (χ2n) is 3.90. The molecule has 4 heteroatoms. The van der Waals surface area contributed by atoms with Gasteiger partial charge in [-0.1, -0.05) is 6.07 Å². The highest BCUT2D eigenvalue weighted by molar-refractivity contribution is 5.83. The van der Waals surface area contributed by atoms with Gasteiger partial charge in [-0.3, -0.25) is 4.79 Å². The van der Waals surface area contributed by atoms with E-state index in [2.05, 4.69) is 0 Å². The number of hydrogen-bond acceptors (Lipinski definition) is 4. The van der Waals surface area contributed by atoms with Crippen molar-refractivity contribution < 1.29 is 19.0 Å². The summed E-state index contributed by atoms with van der Waals surface area (Å²) in [5.41, 5.74) is 0.434. The van der Waals surface area contributed by atoms with Crippen LogP contribution >= 0.6 is 0 Å². The van der Waals surface area contributed by atoms with Crippen LogP contribution in [0.1, 0.15) is 29.6 Å². The molecule has 92 valence electrons. The SMILES string of the molecule is COc1cccc(OC2CCCCO2)c1C=O. The van der Waals surface area contributed by atoms with Gasteiger partial charge >= 0.3 is 0 Å². The molecule has 1 aromatic carbocycles. The molecule has 1 aliphatic rings. The molecule has 4 nitrogen and oxygen atoms in total. The molecule has 1 fully saturated rings. The molecular weight excluding hydrogens is 220 g/mol. The first-order chi connectivity index (χ1) is 8.35. The van der Waals surface area contributed by atoms with E-state index in [0.717, 1.165) is 25.5 Å². The predicted octanol–water partition coefficient (Wildman–Crippen LogP) is 2.41. The summed E-state index contributed by atoms with van der Waals surface area (Å²) in [6.07, 6.45) is 3.50. The summed E-state index contributed by atoms with van der Waals surface area (Å²) < 4.78 is 16.3. The lowest BCUT2D eigenvalue weighted by molar-refractivity contribution is -0.106. The van der Waals surface area contributed by atoms with Crippen molar-refractivity contribution in [2.75, 3.05) is 13.7 Å². The van der Waals surface area contributed by atoms with Crippen molar-refractivity contribution >= 4 is 6.29 Å². The van der Waals surface area contributed by atoms with Crippen molar-refractivity contribution in [1.29, 1.82) is 0 Å². The second kappa shape index (κ2) is 5.68. The number of methoxy groups -OCH3 is 1. The summed E-state index contributed by atoms with van der Waals surface area (Å²) in [5.74, 6) is 1.04. The van der Waals surface area contributed by atoms with Crippen molar-refractivity contribution in [2.45, 2.75) is 25.6 Å². The zero-order valence-electron chi connectivity index (χ0n) is 9.85. The maximum Gasteiger partial charge on any atom is 0.199 e. The maximum atomic E-state index is 11.0. The lowest BCUT2D eigenvalue weighted by Gasteiger charge is -2.24. The fourth-order valence-electron chi connectivity index (χ4n) is 1.87. The first-order valence-corrected chi connectivity index (χ1v) is 5.75. The number of carbonyl (C=O) groups excluding carboxylic acids is 1. The number of carbonyl (C=O) groups is 1. The zero-order chi connectivity index (χ0) is 12.1. The van der Waals surface area contributed by atoms with Gasteiger partial charge in [0, 0.05) is 6.42 Å². The van der Waals surface area contributed by atoms with E-state index in [4.69, 9.17) is 14.2 Å². The second-order valence-corrected chi connectivity index (χ2v) is 3.90. The Labute approximate surface area is 100 Å². The summed E-state index contributed by atoms with van der Waals surface area (Å²) in [6.45, 7) is 0.713. The van der Waals surface area contributed by atoms with Gasteiger partial charge in [0.05, 0.1) is 19.3 Å². The van der Waals surface area contributed by atoms with Crippen molar-refractivity contribution in [3.63, 3.8) is 0 Å². The Balaban J connectivity index is 2.16. The fraction of sp³-hybridized carbons (Fsp3) is 0.462. The summed E-state index contributed by atoms with van der Waals surface area (Å²) >= 11 is 0. The number of hydrogen-bond donors (Lipinski definition) is 0. The lowest BCUT2D eigenvalue weighted by Crippen LogP contribution is -2.25. The van der Waals surface area contributed by atoms with E-state index in [0.29, 0.717) is 23.7 Å². The normalized spacial score (nSPS) is 19.7. The number of benzene rings is 1. The minimum atomic E-state index is -0.255. The number of rotatable bonds is 4. The molecule has 1 heterocycles. The smallest absolute Gasteiger partial charge is 0.199 e. The van der Waals surface area contributed by atoms with Crippen molar-refractivity contribution in [1.82, 2.24) is 0 Å². The van der Waals surface area contributed by atoms with E-state index in [1.807, 2.05) is 0 Å². The molecule has 0 aromatic heterocycles. The van der Waals surface area contributed by atoms with Crippen LogP contribution in [0.5, 0.6) is 11.5 Å². The molecule has 1 aliphatic heterocycles. The van der Waals surface area contributed by atoms with Crippen molar-refractivity contribution in [3.8, 4) is 11.5 Å². The molecule has 0 amide bonds. The van der Waals surface area contributed by atoms with Crippen LogP contribution in [0.3, 0.4) is 0 Å². The Bertz CT molecular complexity index is 383. The molecule has 1 saturated heterocycles. The Morgan fingerprint density at radius 3 is 2.82 bits per heavy atom. The predicted molar refractivity (Wildman–Crippen MR) is 62.6 cm³/mol. The van der Waals surface area contributed by atoms with Gasteiger partial charge in [0.1, 0.15) is 11.5 Å². The molecule has 0 spiro atoms. The van der Waals surface area contributed by atoms with Crippen LogP contribution in [0.4, 0.5) is 0 Å². The van der Waals surface area contributed by atoms with E-state index >= 15 is 0 Å². The third-order valence-corrected chi connectivity index (χ3v) is 2.76. The first kappa shape index (κ1) is 11.9. The third kappa shape index (κ3) is 2.77. The number of aldehydes is 1. The highest BCUT2D eigenvalue weighted by Gasteiger charge is 2.18. The zero-order valence-corrected chi connectivity index (χ0v) is 9.85. The largest absolute Gasteiger partial charge is 0.496 e. The monoisotopic (exact) mass is 236 g/mol. The van der Waals surface area contributed by atoms with Crippen LogP contribution in [0.25, 0.3) is 0 Å². The average Bonchev–Trinajstić information content (AvgIpc) is 2.39. The van der Waals surface area contributed by atoms with Crippen LogP contribution in [0, 0.1) is 0 Å². The van der Waals surface area contributed by atoms with Crippen molar-refractivity contribution in [3.05, 3.63) is 23.8 Å². The highest BCUT2D eigenvalue weighted by Crippen LogP contribution is 2.28. The summed E-state index contributed by atoms with van der Waals surface area (Å²) in [5, 5.41) is 0. The standard InChI is InChI=1S/C13H16O4/c1-15-11-5-4-6-12(10(11)9-14)17-13-7-2-3-8-16-13/h4-6,9,13H,2-3,7-8H2,1H3. The van der Waals surface area contributed by atoms with Gasteiger partial charge in [0.25, 0.3) is 0 Å². The van der Waals surface area contributed by atoms with Gasteiger partial charge in [-0.2, -0.15) is 0 Å². The minimum absolute atomic E-state index is 0.255. The van der Waals surface area contributed by atoms with Gasteiger partial charge in [-0.05, 0) is 25.0 Å². The molecule has 1 aromatic rings. The molecule has 1 unspecified atom stereocenters. The van der Waals surface area contributed by atoms with Crippen LogP contribution in [0.2, 0.25) is 0 Å². The van der Waals surface area contributed by atoms with Crippen LogP contribution < -0.4 is 9.47 Å². The van der Waals surface area contributed by atoms with Gasteiger partial charge in [0.2, 0.25) is 0 Å². The maximum absolute atomic E-state index is 11.0. The molecule has 17 heavy (non-hydrogen) atoms. The summed E-state index contributed by atoms with van der Waals surface area (Å²) in [4.78, 5) is 11.0. The van der Waals surface area contributed by atoms with Gasteiger partial charge in [-0.25, -0.2) is 0 Å². The topological polar surface area (TPSA) is 44.8 Å². The van der Waals surface area contributed by atoms with Gasteiger partial charge in [-0.15, -0.1) is 0 Å². The molecule has 0 bridgehead atoms. The fourth-order valence-corrected chi connectivity index (χ4v) is 1.87. The average molecular weight is 236 g/mol. The Hall–Kier alpha value is -1.55. The van der Waals surface area contributed by atoms with E-state index in [1.165, 1.54) is 7.11 Å². The summed E-state index contributed by atoms with van der Waals surface area (Å²) in [7, 11) is 1.53. The Morgan fingerprint density at radius 1 is 1.35 bits per heavy atom. The number of ether oxygens (including phenoxy) is 3. The molecular formula is C13H16O4. The van der Waals surface area contributed by atoms with E-state index < -0.39 is 0 Å². The van der Waals surface area contributed by atoms with Crippen LogP contribution in [-0.2, 0) is 4.74 Å².